The van der Waals surface area contributed by atoms with E-state index in [4.69, 9.17) is 11.6 Å². The van der Waals surface area contributed by atoms with Gasteiger partial charge in [-0.15, -0.1) is 11.6 Å². The van der Waals surface area contributed by atoms with Gasteiger partial charge in [0.05, 0.1) is 0 Å². The molecule has 1 nitrogen and oxygen atoms in total. The smallest absolute Gasteiger partial charge is 0.130 e. The summed E-state index contributed by atoms with van der Waals surface area (Å²) in [6, 6.07) is 2.71. The van der Waals surface area contributed by atoms with Gasteiger partial charge in [0.1, 0.15) is 11.6 Å². The highest BCUT2D eigenvalue weighted by atomic mass is 35.5. The van der Waals surface area contributed by atoms with Crippen molar-refractivity contribution < 1.29 is 8.78 Å². The van der Waals surface area contributed by atoms with Crippen LogP contribution in [0, 0.1) is 17.6 Å². The molecule has 1 heterocycles. The Labute approximate surface area is 97.8 Å². The predicted octanol–water partition coefficient (Wildman–Crippen LogP) is 2.56. The molecule has 16 heavy (non-hydrogen) atoms. The van der Waals surface area contributed by atoms with Gasteiger partial charge < -0.3 is 5.32 Å². The van der Waals surface area contributed by atoms with Crippen LogP contribution >= 0.6 is 11.6 Å². The number of nitrogens with one attached hydrogen (secondary N) is 1. The lowest BCUT2D eigenvalue weighted by Gasteiger charge is -2.15. The molecule has 2 fully saturated rings. The first kappa shape index (κ1) is 10.5. The molecule has 0 amide bonds. The van der Waals surface area contributed by atoms with Crippen LogP contribution in [0.25, 0.3) is 0 Å². The van der Waals surface area contributed by atoms with Crippen molar-refractivity contribution in [2.45, 2.75) is 17.7 Å². The van der Waals surface area contributed by atoms with Gasteiger partial charge in [-0.05, 0) is 36.6 Å². The number of alkyl halides is 1. The lowest BCUT2D eigenvalue weighted by Crippen LogP contribution is -2.21. The second kappa shape index (κ2) is 3.41. The van der Waals surface area contributed by atoms with Crippen molar-refractivity contribution in [1.82, 2.24) is 5.32 Å². The molecular formula is C12H12ClF2N. The molecule has 1 N–H and O–H groups in total. The largest absolute Gasteiger partial charge is 0.316 e. The Morgan fingerprint density at radius 2 is 2.06 bits per heavy atom. The lowest BCUT2D eigenvalue weighted by molar-refractivity contribution is 0.513. The van der Waals surface area contributed by atoms with Crippen LogP contribution in [-0.2, 0) is 11.3 Å². The van der Waals surface area contributed by atoms with E-state index in [1.165, 1.54) is 12.1 Å². The van der Waals surface area contributed by atoms with Crippen LogP contribution in [0.1, 0.15) is 17.5 Å². The number of halogens is 3. The third-order valence-electron chi connectivity index (χ3n) is 3.82. The molecule has 1 aromatic rings. The maximum absolute atomic E-state index is 13.9. The van der Waals surface area contributed by atoms with Gasteiger partial charge in [0.25, 0.3) is 0 Å². The van der Waals surface area contributed by atoms with Crippen LogP contribution in [0.15, 0.2) is 12.1 Å². The quantitative estimate of drug-likeness (QED) is 0.788. The van der Waals surface area contributed by atoms with Crippen LogP contribution in [0.5, 0.6) is 0 Å². The van der Waals surface area contributed by atoms with E-state index in [1.807, 2.05) is 0 Å². The molecule has 3 rings (SSSR count). The second-order valence-corrected chi connectivity index (χ2v) is 5.02. The van der Waals surface area contributed by atoms with Crippen molar-refractivity contribution in [3.63, 3.8) is 0 Å². The average molecular weight is 244 g/mol. The Kier molecular flexibility index (Phi) is 2.23. The minimum absolute atomic E-state index is 0.142. The summed E-state index contributed by atoms with van der Waals surface area (Å²) < 4.78 is 27.8. The van der Waals surface area contributed by atoms with Crippen molar-refractivity contribution >= 4 is 11.6 Å². The van der Waals surface area contributed by atoms with Gasteiger partial charge in [-0.3, -0.25) is 0 Å². The summed E-state index contributed by atoms with van der Waals surface area (Å²) in [5.74, 6) is -0.343. The van der Waals surface area contributed by atoms with Crippen molar-refractivity contribution in [1.29, 1.82) is 0 Å². The predicted molar refractivity (Wildman–Crippen MR) is 58.6 cm³/mol. The van der Waals surface area contributed by atoms with Gasteiger partial charge in [0, 0.05) is 23.4 Å². The molecule has 2 unspecified atom stereocenters. The zero-order chi connectivity index (χ0) is 11.3. The Hall–Kier alpha value is -0.670. The SMILES string of the molecule is Fc1cc(CCl)cc(F)c1C12CNCC1C2. The van der Waals surface area contributed by atoms with Crippen LogP contribution < -0.4 is 5.32 Å². The molecule has 2 atom stereocenters. The summed E-state index contributed by atoms with van der Waals surface area (Å²) >= 11 is 5.58. The number of rotatable bonds is 2. The standard InChI is InChI=1S/C12H12ClF2N/c13-4-7-1-9(14)11(10(15)2-7)12-3-8(12)5-16-6-12/h1-2,8,16H,3-6H2. The van der Waals surface area contributed by atoms with Crippen molar-refractivity contribution in [2.24, 2.45) is 5.92 Å². The van der Waals surface area contributed by atoms with Gasteiger partial charge in [0.2, 0.25) is 0 Å². The average Bonchev–Trinajstić information content (AvgIpc) is 2.79. The number of hydrogen-bond acceptors (Lipinski definition) is 1. The third kappa shape index (κ3) is 1.31. The summed E-state index contributed by atoms with van der Waals surface area (Å²) in [6.45, 7) is 1.56. The molecule has 2 aliphatic rings. The van der Waals surface area contributed by atoms with E-state index in [-0.39, 0.29) is 16.9 Å². The first-order valence-electron chi connectivity index (χ1n) is 5.42. The maximum Gasteiger partial charge on any atom is 0.130 e. The Balaban J connectivity index is 2.08. The number of benzene rings is 1. The monoisotopic (exact) mass is 243 g/mol. The fraction of sp³-hybridized carbons (Fsp3) is 0.500. The van der Waals surface area contributed by atoms with Crippen LogP contribution in [0.2, 0.25) is 0 Å². The van der Waals surface area contributed by atoms with Crippen molar-refractivity contribution in [2.75, 3.05) is 13.1 Å². The first-order valence-corrected chi connectivity index (χ1v) is 5.96. The fourth-order valence-corrected chi connectivity index (χ4v) is 3.06. The van der Waals surface area contributed by atoms with E-state index in [2.05, 4.69) is 5.32 Å². The molecule has 4 heteroatoms. The lowest BCUT2D eigenvalue weighted by atomic mass is 9.93. The van der Waals surface area contributed by atoms with Gasteiger partial charge in [0.15, 0.2) is 0 Å². The normalized spacial score (nSPS) is 31.6. The van der Waals surface area contributed by atoms with Gasteiger partial charge >= 0.3 is 0 Å². The highest BCUT2D eigenvalue weighted by molar-refractivity contribution is 6.17. The van der Waals surface area contributed by atoms with E-state index in [0.29, 0.717) is 18.0 Å². The molecule has 0 aromatic heterocycles. The number of hydrogen-bond donors (Lipinski definition) is 1. The highest BCUT2D eigenvalue weighted by Crippen LogP contribution is 2.57. The highest BCUT2D eigenvalue weighted by Gasteiger charge is 2.60. The first-order chi connectivity index (χ1) is 7.67. The maximum atomic E-state index is 13.9. The summed E-state index contributed by atoms with van der Waals surface area (Å²) in [6.07, 6.45) is 0.897. The molecule has 0 radical (unpaired) electrons. The molecule has 0 spiro atoms. The zero-order valence-corrected chi connectivity index (χ0v) is 9.45. The van der Waals surface area contributed by atoms with Crippen LogP contribution in [0.4, 0.5) is 8.78 Å². The summed E-state index contributed by atoms with van der Waals surface area (Å²) in [5.41, 5.74) is 0.482. The van der Waals surface area contributed by atoms with E-state index >= 15 is 0 Å². The molecule has 86 valence electrons. The Morgan fingerprint density at radius 1 is 1.38 bits per heavy atom. The Morgan fingerprint density at radius 3 is 2.50 bits per heavy atom. The minimum atomic E-state index is -0.443. The molecule has 1 aliphatic carbocycles. The van der Waals surface area contributed by atoms with Crippen LogP contribution in [-0.4, -0.2) is 13.1 Å². The second-order valence-electron chi connectivity index (χ2n) is 4.76. The molecular weight excluding hydrogens is 232 g/mol. The molecule has 1 saturated carbocycles. The number of fused-ring (bicyclic) bond motifs is 1. The van der Waals surface area contributed by atoms with Crippen molar-refractivity contribution in [3.8, 4) is 0 Å². The fourth-order valence-electron chi connectivity index (χ4n) is 2.91. The summed E-state index contributed by atoms with van der Waals surface area (Å²) in [4.78, 5) is 0. The molecule has 1 aliphatic heterocycles. The van der Waals surface area contributed by atoms with Gasteiger partial charge in [-0.25, -0.2) is 8.78 Å². The number of piperidine rings is 1. The zero-order valence-electron chi connectivity index (χ0n) is 8.69. The van der Waals surface area contributed by atoms with Gasteiger partial charge in [-0.2, -0.15) is 0 Å². The van der Waals surface area contributed by atoms with E-state index < -0.39 is 11.6 Å². The molecule has 0 bridgehead atoms. The summed E-state index contributed by atoms with van der Waals surface area (Å²) in [7, 11) is 0. The Bertz CT molecular complexity index is 426. The molecule has 1 aromatic carbocycles. The summed E-state index contributed by atoms with van der Waals surface area (Å²) in [5, 5.41) is 3.18. The van der Waals surface area contributed by atoms with Crippen LogP contribution in [0.3, 0.4) is 0 Å². The topological polar surface area (TPSA) is 12.0 Å². The van der Waals surface area contributed by atoms with Crippen molar-refractivity contribution in [3.05, 3.63) is 34.9 Å². The van der Waals surface area contributed by atoms with E-state index in [0.717, 1.165) is 13.0 Å². The van der Waals surface area contributed by atoms with E-state index in [9.17, 15) is 8.78 Å². The third-order valence-corrected chi connectivity index (χ3v) is 4.13. The van der Waals surface area contributed by atoms with E-state index in [1.54, 1.807) is 0 Å². The minimum Gasteiger partial charge on any atom is -0.316 e. The van der Waals surface area contributed by atoms with Gasteiger partial charge in [-0.1, -0.05) is 0 Å². The molecule has 1 saturated heterocycles.